The highest BCUT2D eigenvalue weighted by Gasteiger charge is 2.20. The SMILES string of the molecule is Cc1ccn(-c2ccc(N3CCC[C@H](CCO)C3)nn2)n1. The molecule has 1 N–H and O–H groups in total. The van der Waals surface area contributed by atoms with Crippen molar-refractivity contribution >= 4 is 5.82 Å². The van der Waals surface area contributed by atoms with Crippen LogP contribution in [0.1, 0.15) is 25.0 Å². The Kier molecular flexibility index (Phi) is 4.15. The van der Waals surface area contributed by atoms with Crippen molar-refractivity contribution in [3.05, 3.63) is 30.1 Å². The van der Waals surface area contributed by atoms with Gasteiger partial charge >= 0.3 is 0 Å². The minimum atomic E-state index is 0.266. The van der Waals surface area contributed by atoms with Crippen LogP contribution in [0.15, 0.2) is 24.4 Å². The zero-order chi connectivity index (χ0) is 14.7. The molecular formula is C15H21N5O. The molecule has 0 bridgehead atoms. The molecule has 0 spiro atoms. The smallest absolute Gasteiger partial charge is 0.175 e. The Morgan fingerprint density at radius 1 is 1.24 bits per heavy atom. The minimum Gasteiger partial charge on any atom is -0.396 e. The van der Waals surface area contributed by atoms with Crippen LogP contribution in [0.3, 0.4) is 0 Å². The summed E-state index contributed by atoms with van der Waals surface area (Å²) >= 11 is 0. The summed E-state index contributed by atoms with van der Waals surface area (Å²) in [5.74, 6) is 2.19. The van der Waals surface area contributed by atoms with Crippen LogP contribution in [0.25, 0.3) is 5.82 Å². The first kappa shape index (κ1) is 14.0. The number of anilines is 1. The molecule has 0 radical (unpaired) electrons. The highest BCUT2D eigenvalue weighted by Crippen LogP contribution is 2.23. The average Bonchev–Trinajstić information content (AvgIpc) is 2.95. The Bertz CT molecular complexity index is 578. The molecule has 0 aromatic carbocycles. The zero-order valence-electron chi connectivity index (χ0n) is 12.3. The molecule has 1 saturated heterocycles. The lowest BCUT2D eigenvalue weighted by atomic mass is 9.95. The molecule has 21 heavy (non-hydrogen) atoms. The monoisotopic (exact) mass is 287 g/mol. The van der Waals surface area contributed by atoms with E-state index >= 15 is 0 Å². The second kappa shape index (κ2) is 6.22. The lowest BCUT2D eigenvalue weighted by Gasteiger charge is -2.33. The standard InChI is InChI=1S/C15H21N5O/c1-12-6-9-20(18-12)15-5-4-14(16-17-15)19-8-2-3-13(11-19)7-10-21/h4-6,9,13,21H,2-3,7-8,10-11H2,1H3/t13-/m1/s1. The van der Waals surface area contributed by atoms with Gasteiger partial charge in [-0.2, -0.15) is 5.10 Å². The molecule has 1 aliphatic rings. The summed E-state index contributed by atoms with van der Waals surface area (Å²) in [6.45, 7) is 4.18. The molecule has 0 unspecified atom stereocenters. The summed E-state index contributed by atoms with van der Waals surface area (Å²) < 4.78 is 1.73. The lowest BCUT2D eigenvalue weighted by molar-refractivity contribution is 0.244. The molecule has 112 valence electrons. The Balaban J connectivity index is 1.71. The molecule has 6 nitrogen and oxygen atoms in total. The summed E-state index contributed by atoms with van der Waals surface area (Å²) in [5, 5.41) is 22.0. The van der Waals surface area contributed by atoms with Crippen molar-refractivity contribution in [3.8, 4) is 5.82 Å². The van der Waals surface area contributed by atoms with Crippen molar-refractivity contribution in [3.63, 3.8) is 0 Å². The van der Waals surface area contributed by atoms with Crippen molar-refractivity contribution in [2.75, 3.05) is 24.6 Å². The van der Waals surface area contributed by atoms with E-state index in [4.69, 9.17) is 5.11 Å². The molecule has 3 heterocycles. The Hall–Kier alpha value is -1.95. The molecule has 2 aromatic heterocycles. The maximum Gasteiger partial charge on any atom is 0.175 e. The average molecular weight is 287 g/mol. The van der Waals surface area contributed by atoms with Gasteiger partial charge in [-0.05, 0) is 50.3 Å². The summed E-state index contributed by atoms with van der Waals surface area (Å²) in [7, 11) is 0. The number of aliphatic hydroxyl groups excluding tert-OH is 1. The van der Waals surface area contributed by atoms with Gasteiger partial charge in [0.1, 0.15) is 0 Å². The topological polar surface area (TPSA) is 67.1 Å². The van der Waals surface area contributed by atoms with E-state index in [9.17, 15) is 0 Å². The first-order valence-electron chi connectivity index (χ1n) is 7.48. The molecule has 0 amide bonds. The van der Waals surface area contributed by atoms with Gasteiger partial charge in [-0.15, -0.1) is 10.2 Å². The van der Waals surface area contributed by atoms with Gasteiger partial charge in [-0.25, -0.2) is 4.68 Å². The van der Waals surface area contributed by atoms with E-state index in [0.29, 0.717) is 5.92 Å². The summed E-state index contributed by atoms with van der Waals surface area (Å²) in [6.07, 6.45) is 5.09. The number of hydrogen-bond donors (Lipinski definition) is 1. The highest BCUT2D eigenvalue weighted by molar-refractivity contribution is 5.40. The summed E-state index contributed by atoms with van der Waals surface area (Å²) in [6, 6.07) is 5.89. The van der Waals surface area contributed by atoms with E-state index in [1.54, 1.807) is 4.68 Å². The van der Waals surface area contributed by atoms with Crippen molar-refractivity contribution in [1.82, 2.24) is 20.0 Å². The number of nitrogens with zero attached hydrogens (tertiary/aromatic N) is 5. The maximum atomic E-state index is 9.08. The summed E-state index contributed by atoms with van der Waals surface area (Å²) in [5.41, 5.74) is 0.962. The number of aryl methyl sites for hydroxylation is 1. The number of hydrogen-bond acceptors (Lipinski definition) is 5. The van der Waals surface area contributed by atoms with Gasteiger partial charge in [0, 0.05) is 25.9 Å². The van der Waals surface area contributed by atoms with E-state index in [2.05, 4.69) is 20.2 Å². The second-order valence-electron chi connectivity index (χ2n) is 5.62. The number of rotatable bonds is 4. The van der Waals surface area contributed by atoms with E-state index in [1.807, 2.05) is 31.3 Å². The van der Waals surface area contributed by atoms with Gasteiger partial charge in [0.25, 0.3) is 0 Å². The Morgan fingerprint density at radius 3 is 2.71 bits per heavy atom. The van der Waals surface area contributed by atoms with Crippen molar-refractivity contribution in [2.45, 2.75) is 26.2 Å². The molecule has 3 rings (SSSR count). The van der Waals surface area contributed by atoms with Gasteiger partial charge in [-0.3, -0.25) is 0 Å². The quantitative estimate of drug-likeness (QED) is 0.924. The molecule has 0 aliphatic carbocycles. The van der Waals surface area contributed by atoms with Crippen molar-refractivity contribution in [2.24, 2.45) is 5.92 Å². The predicted octanol–water partition coefficient (Wildman–Crippen LogP) is 1.57. The third-order valence-electron chi connectivity index (χ3n) is 3.97. The van der Waals surface area contributed by atoms with Gasteiger partial charge in [0.2, 0.25) is 0 Å². The fraction of sp³-hybridized carbons (Fsp3) is 0.533. The van der Waals surface area contributed by atoms with Crippen molar-refractivity contribution in [1.29, 1.82) is 0 Å². The van der Waals surface area contributed by atoms with Crippen LogP contribution in [0, 0.1) is 12.8 Å². The molecule has 6 heteroatoms. The van der Waals surface area contributed by atoms with Crippen molar-refractivity contribution < 1.29 is 5.11 Å². The molecule has 1 fully saturated rings. The van der Waals surface area contributed by atoms with Crippen LogP contribution in [0.4, 0.5) is 5.82 Å². The van der Waals surface area contributed by atoms with E-state index in [0.717, 1.165) is 43.3 Å². The van der Waals surface area contributed by atoms with Gasteiger partial charge in [0.15, 0.2) is 11.6 Å². The molecular weight excluding hydrogens is 266 g/mol. The highest BCUT2D eigenvalue weighted by atomic mass is 16.3. The van der Waals surface area contributed by atoms with Crippen LogP contribution in [-0.4, -0.2) is 44.8 Å². The number of aliphatic hydroxyl groups is 1. The van der Waals surface area contributed by atoms with Crippen LogP contribution in [-0.2, 0) is 0 Å². The zero-order valence-corrected chi connectivity index (χ0v) is 12.3. The predicted molar refractivity (Wildman–Crippen MR) is 80.5 cm³/mol. The van der Waals surface area contributed by atoms with E-state index in [-0.39, 0.29) is 6.61 Å². The van der Waals surface area contributed by atoms with Gasteiger partial charge in [-0.1, -0.05) is 0 Å². The first-order chi connectivity index (χ1) is 10.3. The second-order valence-corrected chi connectivity index (χ2v) is 5.62. The summed E-state index contributed by atoms with van der Waals surface area (Å²) in [4.78, 5) is 2.26. The Labute approximate surface area is 124 Å². The minimum absolute atomic E-state index is 0.266. The van der Waals surface area contributed by atoms with Crippen LogP contribution >= 0.6 is 0 Å². The van der Waals surface area contributed by atoms with Crippen LogP contribution in [0.2, 0.25) is 0 Å². The Morgan fingerprint density at radius 2 is 2.05 bits per heavy atom. The van der Waals surface area contributed by atoms with Crippen LogP contribution in [0.5, 0.6) is 0 Å². The molecule has 2 aromatic rings. The largest absolute Gasteiger partial charge is 0.396 e. The normalized spacial score (nSPS) is 19.0. The number of piperidine rings is 1. The maximum absolute atomic E-state index is 9.08. The fourth-order valence-corrected chi connectivity index (χ4v) is 2.84. The van der Waals surface area contributed by atoms with Gasteiger partial charge in [0.05, 0.1) is 5.69 Å². The first-order valence-corrected chi connectivity index (χ1v) is 7.48. The molecule has 0 saturated carbocycles. The third kappa shape index (κ3) is 3.21. The lowest BCUT2D eigenvalue weighted by Crippen LogP contribution is -2.36. The van der Waals surface area contributed by atoms with E-state index in [1.165, 1.54) is 6.42 Å². The number of aromatic nitrogens is 4. The van der Waals surface area contributed by atoms with Gasteiger partial charge < -0.3 is 10.0 Å². The third-order valence-corrected chi connectivity index (χ3v) is 3.97. The molecule has 1 atom stereocenters. The van der Waals surface area contributed by atoms with E-state index < -0.39 is 0 Å². The van der Waals surface area contributed by atoms with Crippen LogP contribution < -0.4 is 4.90 Å². The molecule has 1 aliphatic heterocycles. The fourth-order valence-electron chi connectivity index (χ4n) is 2.84.